The van der Waals surface area contributed by atoms with Crippen LogP contribution in [0.25, 0.3) is 0 Å². The fraction of sp³-hybridized carbons (Fsp3) is 0.667. The van der Waals surface area contributed by atoms with Crippen molar-refractivity contribution in [3.8, 4) is 5.75 Å². The van der Waals surface area contributed by atoms with Gasteiger partial charge in [0.2, 0.25) is 5.91 Å². The zero-order valence-electron chi connectivity index (χ0n) is 16.7. The average molecular weight is 350 g/mol. The molecule has 0 unspecified atom stereocenters. The van der Waals surface area contributed by atoms with E-state index in [1.807, 2.05) is 12.1 Å². The summed E-state index contributed by atoms with van der Waals surface area (Å²) in [5.74, 6) is 0.401. The van der Waals surface area contributed by atoms with Gasteiger partial charge in [-0.25, -0.2) is 0 Å². The first kappa shape index (κ1) is 21.5. The number of phenols is 1. The number of hydrogen-bond donors (Lipinski definition) is 3. The summed E-state index contributed by atoms with van der Waals surface area (Å²) in [5, 5.41) is 22.4. The molecule has 1 rings (SSSR count). The Morgan fingerprint density at radius 3 is 1.96 bits per heavy atom. The number of amides is 1. The van der Waals surface area contributed by atoms with Gasteiger partial charge in [-0.1, -0.05) is 53.7 Å². The van der Waals surface area contributed by atoms with Crippen LogP contribution in [0.4, 0.5) is 0 Å². The molecule has 4 heteroatoms. The fourth-order valence-electron chi connectivity index (χ4n) is 2.79. The van der Waals surface area contributed by atoms with Crippen molar-refractivity contribution in [1.82, 2.24) is 5.32 Å². The second kappa shape index (κ2) is 8.70. The van der Waals surface area contributed by atoms with Crippen molar-refractivity contribution in [3.05, 3.63) is 28.8 Å². The van der Waals surface area contributed by atoms with Gasteiger partial charge in [-0.15, -0.1) is 0 Å². The van der Waals surface area contributed by atoms with Gasteiger partial charge in [-0.05, 0) is 46.8 Å². The summed E-state index contributed by atoms with van der Waals surface area (Å²) >= 11 is 0. The summed E-state index contributed by atoms with van der Waals surface area (Å²) < 4.78 is 0. The number of rotatable bonds is 7. The third-order valence-corrected chi connectivity index (χ3v) is 4.33. The zero-order valence-corrected chi connectivity index (χ0v) is 16.7. The fourth-order valence-corrected chi connectivity index (χ4v) is 2.79. The molecular weight excluding hydrogens is 314 g/mol. The minimum Gasteiger partial charge on any atom is -0.507 e. The van der Waals surface area contributed by atoms with E-state index in [2.05, 4.69) is 46.9 Å². The number of hydrogen-bond acceptors (Lipinski definition) is 3. The molecule has 0 spiro atoms. The summed E-state index contributed by atoms with van der Waals surface area (Å²) in [7, 11) is 0. The third kappa shape index (κ3) is 6.69. The van der Waals surface area contributed by atoms with Crippen molar-refractivity contribution in [1.29, 1.82) is 0 Å². The van der Waals surface area contributed by atoms with Gasteiger partial charge < -0.3 is 15.5 Å². The molecule has 0 heterocycles. The number of aliphatic hydroxyl groups is 1. The second-order valence-electron chi connectivity index (χ2n) is 8.82. The Morgan fingerprint density at radius 2 is 1.52 bits per heavy atom. The van der Waals surface area contributed by atoms with Crippen LogP contribution >= 0.6 is 0 Å². The molecule has 0 aliphatic carbocycles. The van der Waals surface area contributed by atoms with E-state index in [1.165, 1.54) is 0 Å². The predicted molar refractivity (Wildman–Crippen MR) is 103 cm³/mol. The van der Waals surface area contributed by atoms with E-state index in [4.69, 9.17) is 5.11 Å². The lowest BCUT2D eigenvalue weighted by atomic mass is 9.78. The molecule has 1 aromatic carbocycles. The monoisotopic (exact) mass is 349 g/mol. The molecule has 0 bridgehead atoms. The number of unbranched alkanes of at least 4 members (excludes halogenated alkanes) is 1. The molecule has 0 saturated heterocycles. The van der Waals surface area contributed by atoms with Crippen LogP contribution in [-0.4, -0.2) is 29.3 Å². The number of carbonyl (C=O) groups excluding carboxylic acids is 1. The Balaban J connectivity index is 2.91. The van der Waals surface area contributed by atoms with Crippen molar-refractivity contribution < 1.29 is 15.0 Å². The van der Waals surface area contributed by atoms with Crippen LogP contribution in [0.2, 0.25) is 0 Å². The van der Waals surface area contributed by atoms with Gasteiger partial charge in [-0.2, -0.15) is 0 Å². The third-order valence-electron chi connectivity index (χ3n) is 4.33. The number of nitrogens with one attached hydrogen (secondary N) is 1. The number of aryl methyl sites for hydroxylation is 1. The van der Waals surface area contributed by atoms with E-state index >= 15 is 0 Å². The molecule has 1 amide bonds. The Bertz CT molecular complexity index is 545. The van der Waals surface area contributed by atoms with Gasteiger partial charge in [-0.3, -0.25) is 4.79 Å². The quantitative estimate of drug-likeness (QED) is 0.656. The second-order valence-corrected chi connectivity index (χ2v) is 8.82. The van der Waals surface area contributed by atoms with Crippen molar-refractivity contribution in [3.63, 3.8) is 0 Å². The van der Waals surface area contributed by atoms with Gasteiger partial charge in [0.05, 0.1) is 0 Å². The highest BCUT2D eigenvalue weighted by atomic mass is 16.3. The Morgan fingerprint density at radius 1 is 1.00 bits per heavy atom. The number of aliphatic hydroxyl groups excluding tert-OH is 1. The van der Waals surface area contributed by atoms with Gasteiger partial charge in [0, 0.05) is 19.6 Å². The van der Waals surface area contributed by atoms with E-state index in [0.29, 0.717) is 31.6 Å². The molecule has 0 aromatic heterocycles. The standard InChI is InChI=1S/C21H35NO3/c1-20(2,3)16-13-15(14-17(19(16)25)21(4,5)6)9-10-18(24)22-11-7-8-12-23/h13-14,23,25H,7-12H2,1-6H3,(H,22,24). The van der Waals surface area contributed by atoms with Gasteiger partial charge in [0.25, 0.3) is 0 Å². The molecule has 142 valence electrons. The van der Waals surface area contributed by atoms with E-state index < -0.39 is 0 Å². The highest BCUT2D eigenvalue weighted by Gasteiger charge is 2.26. The molecular formula is C21H35NO3. The molecule has 0 atom stereocenters. The zero-order chi connectivity index (χ0) is 19.3. The largest absolute Gasteiger partial charge is 0.507 e. The maximum atomic E-state index is 12.0. The predicted octanol–water partition coefficient (Wildman–Crippen LogP) is 3.81. The average Bonchev–Trinajstić information content (AvgIpc) is 2.48. The number of benzene rings is 1. The maximum Gasteiger partial charge on any atom is 0.220 e. The summed E-state index contributed by atoms with van der Waals surface area (Å²) in [4.78, 5) is 12.0. The van der Waals surface area contributed by atoms with Crippen molar-refractivity contribution in [2.45, 2.75) is 78.1 Å². The molecule has 1 aromatic rings. The number of phenolic OH excluding ortho intramolecular Hbond substituents is 1. The van der Waals surface area contributed by atoms with E-state index in [9.17, 15) is 9.90 Å². The minimum atomic E-state index is -0.160. The number of aromatic hydroxyl groups is 1. The molecule has 0 saturated carbocycles. The maximum absolute atomic E-state index is 12.0. The van der Waals surface area contributed by atoms with Crippen LogP contribution in [0.5, 0.6) is 5.75 Å². The van der Waals surface area contributed by atoms with Crippen LogP contribution in [0.3, 0.4) is 0 Å². The van der Waals surface area contributed by atoms with Crippen molar-refractivity contribution in [2.75, 3.05) is 13.2 Å². The van der Waals surface area contributed by atoms with Crippen molar-refractivity contribution >= 4 is 5.91 Å². The highest BCUT2D eigenvalue weighted by molar-refractivity contribution is 5.76. The van der Waals surface area contributed by atoms with E-state index in [1.54, 1.807) is 0 Å². The summed E-state index contributed by atoms with van der Waals surface area (Å²) in [6, 6.07) is 4.06. The molecule has 0 aliphatic rings. The SMILES string of the molecule is CC(C)(C)c1cc(CCC(=O)NCCCCO)cc(C(C)(C)C)c1O. The van der Waals surface area contributed by atoms with Gasteiger partial charge >= 0.3 is 0 Å². The molecule has 0 aliphatic heterocycles. The lowest BCUT2D eigenvalue weighted by molar-refractivity contribution is -0.121. The normalized spacial score (nSPS) is 12.3. The lowest BCUT2D eigenvalue weighted by Gasteiger charge is -2.28. The Labute approximate surface area is 152 Å². The minimum absolute atomic E-state index is 0.0284. The smallest absolute Gasteiger partial charge is 0.220 e. The topological polar surface area (TPSA) is 69.6 Å². The van der Waals surface area contributed by atoms with Crippen LogP contribution < -0.4 is 5.32 Å². The van der Waals surface area contributed by atoms with Crippen molar-refractivity contribution in [2.24, 2.45) is 0 Å². The lowest BCUT2D eigenvalue weighted by Crippen LogP contribution is -2.25. The highest BCUT2D eigenvalue weighted by Crippen LogP contribution is 2.39. The summed E-state index contributed by atoms with van der Waals surface area (Å²) in [5.41, 5.74) is 2.62. The van der Waals surface area contributed by atoms with Gasteiger partial charge in [0.1, 0.15) is 5.75 Å². The molecule has 25 heavy (non-hydrogen) atoms. The Kier molecular flexibility index (Phi) is 7.48. The van der Waals surface area contributed by atoms with Crippen LogP contribution in [0.15, 0.2) is 12.1 Å². The Hall–Kier alpha value is -1.55. The summed E-state index contributed by atoms with van der Waals surface area (Å²) in [6.45, 7) is 13.3. The van der Waals surface area contributed by atoms with Crippen LogP contribution in [0.1, 0.15) is 77.5 Å². The first-order chi connectivity index (χ1) is 11.5. The first-order valence-electron chi connectivity index (χ1n) is 9.21. The summed E-state index contributed by atoms with van der Waals surface area (Å²) in [6.07, 6.45) is 2.58. The molecule has 0 fully saturated rings. The molecule has 4 nitrogen and oxygen atoms in total. The van der Waals surface area contributed by atoms with E-state index in [-0.39, 0.29) is 23.3 Å². The van der Waals surface area contributed by atoms with Gasteiger partial charge in [0.15, 0.2) is 0 Å². The van der Waals surface area contributed by atoms with E-state index in [0.717, 1.165) is 23.1 Å². The van der Waals surface area contributed by atoms with Crippen LogP contribution in [0, 0.1) is 0 Å². The molecule has 3 N–H and O–H groups in total. The first-order valence-corrected chi connectivity index (χ1v) is 9.21. The van der Waals surface area contributed by atoms with Crippen LogP contribution in [-0.2, 0) is 22.0 Å². The number of carbonyl (C=O) groups is 1. The molecule has 0 radical (unpaired) electrons.